The van der Waals surface area contributed by atoms with Crippen LogP contribution in [0.1, 0.15) is 6.42 Å². The van der Waals surface area contributed by atoms with Crippen LogP contribution in [-0.4, -0.2) is 52.3 Å². The molecule has 6 heteroatoms. The van der Waals surface area contributed by atoms with Crippen LogP contribution in [0, 0.1) is 0 Å². The molecule has 1 fully saturated rings. The lowest BCUT2D eigenvalue weighted by Gasteiger charge is -2.25. The fraction of sp³-hybridized carbons (Fsp3) is 0.538. The summed E-state index contributed by atoms with van der Waals surface area (Å²) in [5.41, 5.74) is 1.92. The third kappa shape index (κ3) is 1.97. The minimum Gasteiger partial charge on any atom is -0.394 e. The number of pyridine rings is 1. The van der Waals surface area contributed by atoms with Crippen molar-refractivity contribution in [2.24, 2.45) is 7.05 Å². The number of anilines is 1. The minimum absolute atomic E-state index is 0.0933. The van der Waals surface area contributed by atoms with E-state index in [1.165, 1.54) is 0 Å². The number of methoxy groups -OCH3 is 1. The molecule has 19 heavy (non-hydrogen) atoms. The monoisotopic (exact) mass is 262 g/mol. The number of rotatable bonds is 3. The summed E-state index contributed by atoms with van der Waals surface area (Å²) < 4.78 is 7.18. The van der Waals surface area contributed by atoms with E-state index in [0.29, 0.717) is 0 Å². The smallest absolute Gasteiger partial charge is 0.159 e. The second-order valence-corrected chi connectivity index (χ2v) is 4.92. The molecule has 2 atom stereocenters. The first-order valence-electron chi connectivity index (χ1n) is 6.41. The summed E-state index contributed by atoms with van der Waals surface area (Å²) in [7, 11) is 3.60. The van der Waals surface area contributed by atoms with E-state index in [1.54, 1.807) is 18.0 Å². The molecule has 3 heterocycles. The number of aryl methyl sites for hydroxylation is 1. The Morgan fingerprint density at radius 2 is 2.37 bits per heavy atom. The number of fused-ring (bicyclic) bond motifs is 1. The van der Waals surface area contributed by atoms with Gasteiger partial charge in [-0.3, -0.25) is 4.68 Å². The molecule has 0 spiro atoms. The molecule has 1 aliphatic rings. The van der Waals surface area contributed by atoms with Crippen molar-refractivity contribution in [1.82, 2.24) is 14.8 Å². The van der Waals surface area contributed by atoms with E-state index in [9.17, 15) is 5.11 Å². The molecule has 2 aromatic rings. The third-order valence-electron chi connectivity index (χ3n) is 3.84. The third-order valence-corrected chi connectivity index (χ3v) is 3.84. The zero-order chi connectivity index (χ0) is 13.4. The van der Waals surface area contributed by atoms with Crippen molar-refractivity contribution in [3.05, 3.63) is 18.5 Å². The molecule has 0 aliphatic carbocycles. The van der Waals surface area contributed by atoms with Crippen LogP contribution < -0.4 is 4.90 Å². The van der Waals surface area contributed by atoms with Crippen molar-refractivity contribution in [1.29, 1.82) is 0 Å². The first-order chi connectivity index (χ1) is 9.24. The fourth-order valence-corrected chi connectivity index (χ4v) is 2.80. The van der Waals surface area contributed by atoms with Crippen LogP contribution in [-0.2, 0) is 11.8 Å². The first kappa shape index (κ1) is 12.4. The number of nitrogens with zero attached hydrogens (tertiary/aromatic N) is 4. The Balaban J connectivity index is 2.03. The fourth-order valence-electron chi connectivity index (χ4n) is 2.80. The number of aromatic nitrogens is 3. The van der Waals surface area contributed by atoms with E-state index in [1.807, 2.05) is 19.3 Å². The van der Waals surface area contributed by atoms with Gasteiger partial charge < -0.3 is 14.7 Å². The van der Waals surface area contributed by atoms with Crippen LogP contribution in [0.15, 0.2) is 18.5 Å². The Morgan fingerprint density at radius 3 is 3.11 bits per heavy atom. The Labute approximate surface area is 111 Å². The highest BCUT2D eigenvalue weighted by atomic mass is 16.5. The topological polar surface area (TPSA) is 63.4 Å². The van der Waals surface area contributed by atoms with E-state index >= 15 is 0 Å². The SMILES string of the molecule is CO[C@H]1C[C@@H](CO)N(c2ccnc3c2cnn3C)C1. The van der Waals surface area contributed by atoms with Crippen molar-refractivity contribution in [2.75, 3.05) is 25.2 Å². The lowest BCUT2D eigenvalue weighted by molar-refractivity contribution is 0.115. The zero-order valence-electron chi connectivity index (χ0n) is 11.2. The van der Waals surface area contributed by atoms with Gasteiger partial charge in [0.25, 0.3) is 0 Å². The van der Waals surface area contributed by atoms with Crippen molar-refractivity contribution in [3.63, 3.8) is 0 Å². The lowest BCUT2D eigenvalue weighted by atomic mass is 10.2. The average molecular weight is 262 g/mol. The van der Waals surface area contributed by atoms with Gasteiger partial charge in [-0.1, -0.05) is 0 Å². The summed E-state index contributed by atoms with van der Waals surface area (Å²) in [5, 5.41) is 14.8. The number of aliphatic hydroxyl groups excluding tert-OH is 1. The molecule has 0 amide bonds. The molecule has 1 aliphatic heterocycles. The average Bonchev–Trinajstić information content (AvgIpc) is 3.02. The van der Waals surface area contributed by atoms with Gasteiger partial charge >= 0.3 is 0 Å². The summed E-state index contributed by atoms with van der Waals surface area (Å²) in [6.07, 6.45) is 4.62. The van der Waals surface area contributed by atoms with Crippen molar-refractivity contribution < 1.29 is 9.84 Å². The van der Waals surface area contributed by atoms with Gasteiger partial charge in [0.05, 0.1) is 36.0 Å². The predicted molar refractivity (Wildman–Crippen MR) is 72.1 cm³/mol. The summed E-state index contributed by atoms with van der Waals surface area (Å²) in [6, 6.07) is 2.07. The highest BCUT2D eigenvalue weighted by Gasteiger charge is 2.32. The summed E-state index contributed by atoms with van der Waals surface area (Å²) >= 11 is 0. The summed E-state index contributed by atoms with van der Waals surface area (Å²) in [4.78, 5) is 6.54. The quantitative estimate of drug-likeness (QED) is 0.875. The maximum atomic E-state index is 9.55. The zero-order valence-corrected chi connectivity index (χ0v) is 11.2. The van der Waals surface area contributed by atoms with Crippen molar-refractivity contribution in [2.45, 2.75) is 18.6 Å². The molecule has 0 radical (unpaired) electrons. The number of hydrogen-bond acceptors (Lipinski definition) is 5. The standard InChI is InChI=1S/C13H18N4O2/c1-16-13-11(6-15-16)12(3-4-14-13)17-7-10(19-2)5-9(17)8-18/h3-4,6,9-10,18H,5,7-8H2,1-2H3/t9-,10-/m0/s1. The van der Waals surface area contributed by atoms with Gasteiger partial charge in [-0.2, -0.15) is 5.10 Å². The highest BCUT2D eigenvalue weighted by Crippen LogP contribution is 2.31. The molecule has 1 N–H and O–H groups in total. The second kappa shape index (κ2) is 4.79. The van der Waals surface area contributed by atoms with E-state index in [0.717, 1.165) is 29.7 Å². The van der Waals surface area contributed by atoms with Crippen LogP contribution in [0.5, 0.6) is 0 Å². The van der Waals surface area contributed by atoms with Crippen LogP contribution in [0.3, 0.4) is 0 Å². The lowest BCUT2D eigenvalue weighted by Crippen LogP contribution is -2.32. The van der Waals surface area contributed by atoms with Gasteiger partial charge in [-0.05, 0) is 12.5 Å². The molecule has 1 saturated heterocycles. The Hall–Kier alpha value is -1.66. The molecular weight excluding hydrogens is 244 g/mol. The van der Waals surface area contributed by atoms with Gasteiger partial charge in [0.2, 0.25) is 0 Å². The summed E-state index contributed by atoms with van der Waals surface area (Å²) in [5.74, 6) is 0. The molecule has 102 valence electrons. The normalized spacial score (nSPS) is 23.4. The maximum Gasteiger partial charge on any atom is 0.159 e. The van der Waals surface area contributed by atoms with E-state index in [2.05, 4.69) is 15.0 Å². The van der Waals surface area contributed by atoms with Gasteiger partial charge in [0.1, 0.15) is 0 Å². The Morgan fingerprint density at radius 1 is 1.53 bits per heavy atom. The van der Waals surface area contributed by atoms with Crippen LogP contribution in [0.4, 0.5) is 5.69 Å². The van der Waals surface area contributed by atoms with Crippen LogP contribution >= 0.6 is 0 Å². The molecule has 0 saturated carbocycles. The number of ether oxygens (including phenoxy) is 1. The van der Waals surface area contributed by atoms with Crippen LogP contribution in [0.25, 0.3) is 11.0 Å². The van der Waals surface area contributed by atoms with E-state index in [4.69, 9.17) is 4.74 Å². The largest absolute Gasteiger partial charge is 0.394 e. The van der Waals surface area contributed by atoms with Crippen molar-refractivity contribution >= 4 is 16.7 Å². The number of hydrogen-bond donors (Lipinski definition) is 1. The predicted octanol–water partition coefficient (Wildman–Crippen LogP) is 0.554. The minimum atomic E-state index is 0.0933. The maximum absolute atomic E-state index is 9.55. The van der Waals surface area contributed by atoms with Gasteiger partial charge in [0, 0.05) is 26.9 Å². The molecule has 0 bridgehead atoms. The van der Waals surface area contributed by atoms with Crippen LogP contribution in [0.2, 0.25) is 0 Å². The Bertz CT molecular complexity index is 583. The molecule has 3 rings (SSSR count). The van der Waals surface area contributed by atoms with E-state index < -0.39 is 0 Å². The Kier molecular flexibility index (Phi) is 3.12. The van der Waals surface area contributed by atoms with Gasteiger partial charge in [0.15, 0.2) is 5.65 Å². The van der Waals surface area contributed by atoms with Gasteiger partial charge in [-0.15, -0.1) is 0 Å². The van der Waals surface area contributed by atoms with Crippen molar-refractivity contribution in [3.8, 4) is 0 Å². The molecule has 6 nitrogen and oxygen atoms in total. The summed E-state index contributed by atoms with van der Waals surface area (Å²) in [6.45, 7) is 0.916. The number of aliphatic hydroxyl groups is 1. The van der Waals surface area contributed by atoms with E-state index in [-0.39, 0.29) is 18.8 Å². The highest BCUT2D eigenvalue weighted by molar-refractivity contribution is 5.89. The van der Waals surface area contributed by atoms with Gasteiger partial charge in [-0.25, -0.2) is 4.98 Å². The molecule has 0 aromatic carbocycles. The first-order valence-corrected chi connectivity index (χ1v) is 6.41. The molecular formula is C13H18N4O2. The molecule has 0 unspecified atom stereocenters. The molecule has 2 aromatic heterocycles. The second-order valence-electron chi connectivity index (χ2n) is 4.92.